The monoisotopic (exact) mass is 244 g/mol. The molecule has 1 heterocycles. The Balaban J connectivity index is 2.53. The third kappa shape index (κ3) is 2.64. The van der Waals surface area contributed by atoms with E-state index in [4.69, 9.17) is 4.11 Å². The molecule has 0 saturated carbocycles. The lowest BCUT2D eigenvalue weighted by Gasteiger charge is -2.19. The number of benzene rings is 1. The van der Waals surface area contributed by atoms with Crippen LogP contribution in [0.25, 0.3) is 11.3 Å². The van der Waals surface area contributed by atoms with Gasteiger partial charge in [0.2, 0.25) is 0 Å². The Morgan fingerprint density at radius 1 is 1.12 bits per heavy atom. The lowest BCUT2D eigenvalue weighted by atomic mass is 10.1. The molecule has 0 spiro atoms. The summed E-state index contributed by atoms with van der Waals surface area (Å²) in [5.74, 6) is 0. The predicted molar refractivity (Wildman–Crippen MR) is 77.4 cm³/mol. The maximum Gasteiger partial charge on any atom is 0.0799 e. The number of pyridine rings is 1. The number of hydrogen-bond acceptors (Lipinski definition) is 1. The van der Waals surface area contributed by atoms with Gasteiger partial charge in [0.1, 0.15) is 0 Å². The predicted octanol–water partition coefficient (Wildman–Crippen LogP) is 3.60. The Morgan fingerprint density at radius 2 is 1.76 bits per heavy atom. The highest BCUT2D eigenvalue weighted by Crippen LogP contribution is 2.17. The Labute approximate surface area is 109 Å². The van der Waals surface area contributed by atoms with Gasteiger partial charge in [0, 0.05) is 11.8 Å². The van der Waals surface area contributed by atoms with Crippen LogP contribution in [0.5, 0.6) is 0 Å². The van der Waals surface area contributed by atoms with E-state index in [0.717, 1.165) is 11.3 Å². The molecular weight excluding hydrogens is 222 g/mol. The summed E-state index contributed by atoms with van der Waals surface area (Å²) in [6.45, 7) is 8.95. The highest BCUT2D eigenvalue weighted by Gasteiger charge is 2.19. The van der Waals surface area contributed by atoms with Crippen molar-refractivity contribution in [2.75, 3.05) is 0 Å². The molecule has 2 heteroatoms. The van der Waals surface area contributed by atoms with Crippen molar-refractivity contribution < 1.29 is 4.11 Å². The van der Waals surface area contributed by atoms with Gasteiger partial charge in [-0.05, 0) is 23.7 Å². The second-order valence-corrected chi connectivity index (χ2v) is 10.3. The zero-order valence-corrected chi connectivity index (χ0v) is 11.8. The van der Waals surface area contributed by atoms with Gasteiger partial charge in [0.25, 0.3) is 0 Å². The van der Waals surface area contributed by atoms with Gasteiger partial charge in [0.15, 0.2) is 0 Å². The van der Waals surface area contributed by atoms with Crippen LogP contribution in [0.2, 0.25) is 19.6 Å². The summed E-state index contributed by atoms with van der Waals surface area (Å²) < 4.78 is 23.0. The van der Waals surface area contributed by atoms with Crippen molar-refractivity contribution in [2.45, 2.75) is 26.6 Å². The van der Waals surface area contributed by atoms with Crippen molar-refractivity contribution in [1.82, 2.24) is 4.98 Å². The van der Waals surface area contributed by atoms with E-state index in [1.807, 2.05) is 12.3 Å². The van der Waals surface area contributed by atoms with Crippen LogP contribution in [0.1, 0.15) is 9.68 Å². The topological polar surface area (TPSA) is 12.9 Å². The molecule has 0 saturated heterocycles. The molecule has 0 aliphatic carbocycles. The van der Waals surface area contributed by atoms with Crippen LogP contribution in [0.15, 0.2) is 42.5 Å². The fourth-order valence-electron chi connectivity index (χ4n) is 1.96. The van der Waals surface area contributed by atoms with Crippen molar-refractivity contribution in [1.29, 1.82) is 0 Å². The molecule has 1 nitrogen and oxygen atoms in total. The quantitative estimate of drug-likeness (QED) is 0.736. The highest BCUT2D eigenvalue weighted by atomic mass is 28.3. The molecule has 88 valence electrons. The zero-order valence-electron chi connectivity index (χ0n) is 13.8. The first-order valence-electron chi connectivity index (χ1n) is 7.25. The third-order valence-electron chi connectivity index (χ3n) is 2.81. The number of aryl methyl sites for hydroxylation is 1. The standard InChI is InChI=1S/C15H19NSi/c1-12-10-14(13-8-6-5-7-9-13)16-11-15(12)17(2,3)4/h5-11H,1-4H3/i5D,6D,7D. The molecule has 0 aliphatic heterocycles. The van der Waals surface area contributed by atoms with Crippen LogP contribution in [0.4, 0.5) is 0 Å². The van der Waals surface area contributed by atoms with E-state index in [1.54, 1.807) is 12.1 Å². The van der Waals surface area contributed by atoms with Crippen molar-refractivity contribution in [3.63, 3.8) is 0 Å². The Kier molecular flexibility index (Phi) is 2.27. The SMILES string of the molecule is [2H]c1cc(-c2cc(C)c([Si](C)(C)C)cn2)cc([2H])c1[2H]. The van der Waals surface area contributed by atoms with Gasteiger partial charge in [0.05, 0.1) is 17.9 Å². The second kappa shape index (κ2) is 4.45. The summed E-state index contributed by atoms with van der Waals surface area (Å²) in [4.78, 5) is 4.49. The van der Waals surface area contributed by atoms with Gasteiger partial charge >= 0.3 is 0 Å². The molecule has 1 aromatic carbocycles. The number of hydrogen-bond donors (Lipinski definition) is 0. The van der Waals surface area contributed by atoms with Crippen LogP contribution in [0, 0.1) is 6.92 Å². The molecule has 0 amide bonds. The summed E-state index contributed by atoms with van der Waals surface area (Å²) in [6, 6.07) is 5.34. The summed E-state index contributed by atoms with van der Waals surface area (Å²) >= 11 is 0. The molecule has 0 fully saturated rings. The van der Waals surface area contributed by atoms with Crippen LogP contribution >= 0.6 is 0 Å². The fourth-order valence-corrected chi connectivity index (χ4v) is 3.66. The van der Waals surface area contributed by atoms with Crippen molar-refractivity contribution in [2.24, 2.45) is 0 Å². The Bertz CT molecular complexity index is 640. The minimum absolute atomic E-state index is 0.0378. The summed E-state index contributed by atoms with van der Waals surface area (Å²) in [7, 11) is -1.40. The first-order chi connectivity index (χ1) is 9.20. The van der Waals surface area contributed by atoms with Gasteiger partial charge in [-0.15, -0.1) is 0 Å². The number of rotatable bonds is 2. The molecule has 0 aliphatic rings. The summed E-state index contributed by atoms with van der Waals surface area (Å²) in [5, 5.41) is 1.33. The summed E-state index contributed by atoms with van der Waals surface area (Å²) in [6.07, 6.45) is 1.93. The molecule has 1 aromatic heterocycles. The average molecular weight is 244 g/mol. The van der Waals surface area contributed by atoms with Gasteiger partial charge < -0.3 is 0 Å². The Morgan fingerprint density at radius 3 is 2.29 bits per heavy atom. The van der Waals surface area contributed by atoms with Crippen LogP contribution in [-0.2, 0) is 0 Å². The minimum atomic E-state index is -1.40. The molecule has 0 bridgehead atoms. The second-order valence-electron chi connectivity index (χ2n) is 5.29. The first-order valence-corrected chi connectivity index (χ1v) is 9.25. The summed E-state index contributed by atoms with van der Waals surface area (Å²) in [5.41, 5.74) is 2.72. The van der Waals surface area contributed by atoms with Crippen LogP contribution in [0.3, 0.4) is 0 Å². The molecular formula is C15H19NSi. The van der Waals surface area contributed by atoms with Gasteiger partial charge in [-0.1, -0.05) is 49.9 Å². The third-order valence-corrected chi connectivity index (χ3v) is 4.95. The van der Waals surface area contributed by atoms with E-state index >= 15 is 0 Å². The van der Waals surface area contributed by atoms with Gasteiger partial charge in [-0.2, -0.15) is 0 Å². The molecule has 0 unspecified atom stereocenters. The van der Waals surface area contributed by atoms with Crippen molar-refractivity contribution in [3.8, 4) is 11.3 Å². The highest BCUT2D eigenvalue weighted by molar-refractivity contribution is 6.89. The smallest absolute Gasteiger partial charge is 0.0799 e. The molecule has 17 heavy (non-hydrogen) atoms. The van der Waals surface area contributed by atoms with E-state index in [-0.39, 0.29) is 18.1 Å². The molecule has 0 atom stereocenters. The first kappa shape index (κ1) is 8.64. The normalized spacial score (nSPS) is 14.0. The van der Waals surface area contributed by atoms with Gasteiger partial charge in [-0.3, -0.25) is 4.98 Å². The largest absolute Gasteiger partial charge is 0.256 e. The van der Waals surface area contributed by atoms with E-state index in [1.165, 1.54) is 10.8 Å². The number of nitrogens with zero attached hydrogens (tertiary/aromatic N) is 1. The van der Waals surface area contributed by atoms with E-state index < -0.39 is 8.07 Å². The molecule has 2 aromatic rings. The van der Waals surface area contributed by atoms with Crippen molar-refractivity contribution >= 4 is 13.3 Å². The maximum absolute atomic E-state index is 7.72. The molecule has 0 N–H and O–H groups in total. The molecule has 2 rings (SSSR count). The lowest BCUT2D eigenvalue weighted by molar-refractivity contribution is 1.30. The van der Waals surface area contributed by atoms with Crippen molar-refractivity contribution in [3.05, 3.63) is 48.1 Å². The van der Waals surface area contributed by atoms with E-state index in [9.17, 15) is 0 Å². The van der Waals surface area contributed by atoms with E-state index in [2.05, 4.69) is 31.5 Å². The van der Waals surface area contributed by atoms with E-state index in [0.29, 0.717) is 0 Å². The van der Waals surface area contributed by atoms with Crippen LogP contribution in [-0.4, -0.2) is 13.1 Å². The minimum Gasteiger partial charge on any atom is -0.256 e. The zero-order chi connectivity index (χ0) is 15.1. The fraction of sp³-hybridized carbons (Fsp3) is 0.267. The maximum atomic E-state index is 7.72. The van der Waals surface area contributed by atoms with Gasteiger partial charge in [-0.25, -0.2) is 0 Å². The number of aromatic nitrogens is 1. The lowest BCUT2D eigenvalue weighted by Crippen LogP contribution is -2.39. The average Bonchev–Trinajstić information content (AvgIpc) is 2.33. The molecule has 0 radical (unpaired) electrons. The Hall–Kier alpha value is -1.41. The van der Waals surface area contributed by atoms with Crippen LogP contribution < -0.4 is 5.19 Å².